The van der Waals surface area contributed by atoms with Gasteiger partial charge in [0.1, 0.15) is 6.61 Å². The normalized spacial score (nSPS) is 19.7. The Morgan fingerprint density at radius 3 is 2.62 bits per heavy atom. The van der Waals surface area contributed by atoms with E-state index in [0.717, 1.165) is 17.5 Å². The summed E-state index contributed by atoms with van der Waals surface area (Å²) in [6, 6.07) is 4.84. The summed E-state index contributed by atoms with van der Waals surface area (Å²) in [4.78, 5) is 0.257. The van der Waals surface area contributed by atoms with E-state index in [9.17, 15) is 8.42 Å². The quantitative estimate of drug-likeness (QED) is 0.832. The second kappa shape index (κ2) is 5.80. The van der Waals surface area contributed by atoms with E-state index in [-0.39, 0.29) is 16.9 Å². The Morgan fingerprint density at radius 1 is 1.43 bits per heavy atom. The van der Waals surface area contributed by atoms with E-state index in [0.29, 0.717) is 12.5 Å². The van der Waals surface area contributed by atoms with Gasteiger partial charge in [0.05, 0.1) is 4.90 Å². The molecule has 2 rings (SSSR count). The Labute approximate surface area is 126 Å². The Bertz CT molecular complexity index is 696. The number of benzene rings is 1. The van der Waals surface area contributed by atoms with Gasteiger partial charge in [-0.3, -0.25) is 0 Å². The van der Waals surface area contributed by atoms with Crippen LogP contribution in [0.2, 0.25) is 0 Å². The predicted octanol–water partition coefficient (Wildman–Crippen LogP) is 1.66. The fourth-order valence-corrected chi connectivity index (χ4v) is 3.46. The highest BCUT2D eigenvalue weighted by molar-refractivity contribution is 7.89. The van der Waals surface area contributed by atoms with Gasteiger partial charge in [0.25, 0.3) is 0 Å². The fourth-order valence-electron chi connectivity index (χ4n) is 2.30. The van der Waals surface area contributed by atoms with E-state index in [2.05, 4.69) is 30.4 Å². The van der Waals surface area contributed by atoms with Crippen LogP contribution in [0.5, 0.6) is 0 Å². The minimum absolute atomic E-state index is 0.210. The Hall–Kier alpha value is -1.35. The molecule has 0 saturated heterocycles. The lowest BCUT2D eigenvalue weighted by atomic mass is 10.1. The topological polar surface area (TPSA) is 66.4 Å². The standard InChI is InChI=1S/C16H21NO3S/c1-12-9-15(7-6-13(12)5-4-8-18)21(19,20)17-11-14-10-16(14,2)3/h6-7,9,14,17-18H,8,10-11H2,1-3H3. The molecule has 0 radical (unpaired) electrons. The summed E-state index contributed by atoms with van der Waals surface area (Å²) in [6.07, 6.45) is 1.06. The van der Waals surface area contributed by atoms with Gasteiger partial charge in [0.15, 0.2) is 0 Å². The molecule has 1 aromatic carbocycles. The van der Waals surface area contributed by atoms with Crippen LogP contribution < -0.4 is 4.72 Å². The molecule has 2 N–H and O–H groups in total. The summed E-state index contributed by atoms with van der Waals surface area (Å²) < 4.78 is 27.2. The smallest absolute Gasteiger partial charge is 0.240 e. The zero-order valence-corrected chi connectivity index (χ0v) is 13.4. The summed E-state index contributed by atoms with van der Waals surface area (Å²) in [6.45, 7) is 6.37. The van der Waals surface area contributed by atoms with Crippen LogP contribution in [-0.2, 0) is 10.0 Å². The number of aliphatic hydroxyl groups is 1. The third-order valence-corrected chi connectivity index (χ3v) is 5.47. The fraction of sp³-hybridized carbons (Fsp3) is 0.500. The van der Waals surface area contributed by atoms with Crippen LogP contribution in [0, 0.1) is 30.1 Å². The second-order valence-corrected chi connectivity index (χ2v) is 7.95. The molecule has 0 bridgehead atoms. The predicted molar refractivity (Wildman–Crippen MR) is 82.2 cm³/mol. The number of sulfonamides is 1. The maximum absolute atomic E-state index is 12.3. The van der Waals surface area contributed by atoms with Crippen molar-refractivity contribution in [2.24, 2.45) is 11.3 Å². The molecule has 1 aliphatic rings. The van der Waals surface area contributed by atoms with Crippen LogP contribution in [0.3, 0.4) is 0 Å². The molecule has 4 nitrogen and oxygen atoms in total. The lowest BCUT2D eigenvalue weighted by Gasteiger charge is -2.09. The van der Waals surface area contributed by atoms with Crippen LogP contribution in [0.1, 0.15) is 31.4 Å². The minimum Gasteiger partial charge on any atom is -0.384 e. The number of hydrogen-bond donors (Lipinski definition) is 2. The van der Waals surface area contributed by atoms with Crippen LogP contribution >= 0.6 is 0 Å². The third-order valence-electron chi connectivity index (χ3n) is 4.05. The second-order valence-electron chi connectivity index (χ2n) is 6.18. The highest BCUT2D eigenvalue weighted by Gasteiger charge is 2.45. The van der Waals surface area contributed by atoms with Gasteiger partial charge < -0.3 is 5.11 Å². The van der Waals surface area contributed by atoms with Crippen LogP contribution in [0.4, 0.5) is 0 Å². The van der Waals surface area contributed by atoms with E-state index >= 15 is 0 Å². The number of rotatable bonds is 4. The largest absolute Gasteiger partial charge is 0.384 e. The molecule has 1 aliphatic carbocycles. The van der Waals surface area contributed by atoms with Crippen molar-refractivity contribution in [2.45, 2.75) is 32.1 Å². The number of hydrogen-bond acceptors (Lipinski definition) is 3. The van der Waals surface area contributed by atoms with Crippen LogP contribution in [0.25, 0.3) is 0 Å². The lowest BCUT2D eigenvalue weighted by molar-refractivity contribution is 0.350. The zero-order chi connectivity index (χ0) is 15.7. The van der Waals surface area contributed by atoms with Crippen molar-refractivity contribution in [1.29, 1.82) is 0 Å². The van der Waals surface area contributed by atoms with Crippen molar-refractivity contribution in [3.05, 3.63) is 29.3 Å². The maximum Gasteiger partial charge on any atom is 0.240 e. The third kappa shape index (κ3) is 3.85. The lowest BCUT2D eigenvalue weighted by Crippen LogP contribution is -2.27. The van der Waals surface area contributed by atoms with Gasteiger partial charge in [-0.05, 0) is 48.4 Å². The molecular formula is C16H21NO3S. The van der Waals surface area contributed by atoms with Crippen molar-refractivity contribution in [3.8, 4) is 11.8 Å². The van der Waals surface area contributed by atoms with E-state index in [1.165, 1.54) is 0 Å². The molecule has 1 fully saturated rings. The van der Waals surface area contributed by atoms with E-state index < -0.39 is 10.0 Å². The molecule has 0 spiro atoms. The molecule has 0 amide bonds. The highest BCUT2D eigenvalue weighted by Crippen LogP contribution is 2.51. The van der Waals surface area contributed by atoms with Crippen molar-refractivity contribution in [3.63, 3.8) is 0 Å². The van der Waals surface area contributed by atoms with Gasteiger partial charge in [-0.15, -0.1) is 0 Å². The first-order valence-corrected chi connectivity index (χ1v) is 8.44. The molecular weight excluding hydrogens is 286 g/mol. The number of aryl methyl sites for hydroxylation is 1. The molecule has 1 saturated carbocycles. The first kappa shape index (κ1) is 16.0. The molecule has 1 unspecified atom stereocenters. The Balaban J connectivity index is 2.11. The van der Waals surface area contributed by atoms with E-state index in [4.69, 9.17) is 5.11 Å². The van der Waals surface area contributed by atoms with Crippen molar-refractivity contribution in [1.82, 2.24) is 4.72 Å². The summed E-state index contributed by atoms with van der Waals surface area (Å²) in [5, 5.41) is 8.69. The van der Waals surface area contributed by atoms with Gasteiger partial charge >= 0.3 is 0 Å². The van der Waals surface area contributed by atoms with Crippen molar-refractivity contribution < 1.29 is 13.5 Å². The molecule has 1 atom stereocenters. The van der Waals surface area contributed by atoms with Crippen LogP contribution in [0.15, 0.2) is 23.1 Å². The molecule has 0 heterocycles. The van der Waals surface area contributed by atoms with Gasteiger partial charge in [-0.2, -0.15) is 0 Å². The molecule has 0 aromatic heterocycles. The van der Waals surface area contributed by atoms with E-state index in [1.54, 1.807) is 18.2 Å². The summed E-state index contributed by atoms with van der Waals surface area (Å²) in [5.74, 6) is 5.78. The van der Waals surface area contributed by atoms with Gasteiger partial charge in [-0.1, -0.05) is 25.7 Å². The van der Waals surface area contributed by atoms with Gasteiger partial charge in [0, 0.05) is 12.1 Å². The monoisotopic (exact) mass is 307 g/mol. The van der Waals surface area contributed by atoms with Crippen molar-refractivity contribution >= 4 is 10.0 Å². The Morgan fingerprint density at radius 2 is 2.10 bits per heavy atom. The average Bonchev–Trinajstić information content (AvgIpc) is 3.03. The first-order chi connectivity index (χ1) is 9.76. The number of nitrogens with one attached hydrogen (secondary N) is 1. The maximum atomic E-state index is 12.3. The van der Waals surface area contributed by atoms with Gasteiger partial charge in [0.2, 0.25) is 10.0 Å². The Kier molecular flexibility index (Phi) is 4.43. The highest BCUT2D eigenvalue weighted by atomic mass is 32.2. The molecule has 0 aliphatic heterocycles. The van der Waals surface area contributed by atoms with E-state index in [1.807, 2.05) is 6.92 Å². The first-order valence-electron chi connectivity index (χ1n) is 6.96. The SMILES string of the molecule is Cc1cc(S(=O)(=O)NCC2CC2(C)C)ccc1C#CCO. The van der Waals surface area contributed by atoms with Crippen LogP contribution in [-0.4, -0.2) is 26.7 Å². The molecule has 114 valence electrons. The summed E-state index contributed by atoms with van der Waals surface area (Å²) in [5.41, 5.74) is 1.76. The van der Waals surface area contributed by atoms with Gasteiger partial charge in [-0.25, -0.2) is 13.1 Å². The zero-order valence-electron chi connectivity index (χ0n) is 12.6. The number of aliphatic hydroxyl groups excluding tert-OH is 1. The summed E-state index contributed by atoms with van der Waals surface area (Å²) in [7, 11) is -3.47. The summed E-state index contributed by atoms with van der Waals surface area (Å²) >= 11 is 0. The molecule has 21 heavy (non-hydrogen) atoms. The average molecular weight is 307 g/mol. The van der Waals surface area contributed by atoms with Crippen molar-refractivity contribution in [2.75, 3.05) is 13.2 Å². The minimum atomic E-state index is -3.47. The molecule has 1 aromatic rings. The molecule has 5 heteroatoms.